The van der Waals surface area contributed by atoms with Crippen molar-refractivity contribution in [3.63, 3.8) is 0 Å². The highest BCUT2D eigenvalue weighted by Gasteiger charge is 2.67. The third-order valence-corrected chi connectivity index (χ3v) is 8.80. The van der Waals surface area contributed by atoms with E-state index in [9.17, 15) is 9.90 Å². The number of ketones is 1. The predicted octanol–water partition coefficient (Wildman–Crippen LogP) is 4.53. The van der Waals surface area contributed by atoms with Crippen molar-refractivity contribution in [1.29, 1.82) is 0 Å². The number of rotatable bonds is 5. The fourth-order valence-electron chi connectivity index (χ4n) is 7.07. The molecule has 0 aromatic heterocycles. The first-order valence-corrected chi connectivity index (χ1v) is 10.8. The number of carbonyl (C=O) groups is 1. The molecule has 0 aromatic carbocycles. The van der Waals surface area contributed by atoms with E-state index in [1.807, 2.05) is 6.08 Å². The first-order valence-electron chi connectivity index (χ1n) is 10.8. The predicted molar refractivity (Wildman–Crippen MR) is 111 cm³/mol. The quantitative estimate of drug-likeness (QED) is 0.554. The van der Waals surface area contributed by atoms with Crippen molar-refractivity contribution in [2.45, 2.75) is 72.0 Å². The van der Waals surface area contributed by atoms with Crippen molar-refractivity contribution in [2.75, 3.05) is 13.9 Å². The van der Waals surface area contributed by atoms with Gasteiger partial charge in [0.25, 0.3) is 0 Å². The summed E-state index contributed by atoms with van der Waals surface area (Å²) in [5.74, 6) is 0.767. The van der Waals surface area contributed by atoms with Crippen LogP contribution in [0.2, 0.25) is 0 Å². The third kappa shape index (κ3) is 3.03. The molecular formula is C24H38O4. The molecule has 0 radical (unpaired) electrons. The Balaban J connectivity index is 2.17. The highest BCUT2D eigenvalue weighted by molar-refractivity contribution is 5.85. The maximum Gasteiger partial charge on any atom is 0.146 e. The van der Waals surface area contributed by atoms with Gasteiger partial charge < -0.3 is 14.6 Å². The summed E-state index contributed by atoms with van der Waals surface area (Å²) in [7, 11) is 1.64. The first kappa shape index (κ1) is 21.7. The van der Waals surface area contributed by atoms with Crippen LogP contribution in [0.5, 0.6) is 0 Å². The van der Waals surface area contributed by atoms with Gasteiger partial charge in [-0.15, -0.1) is 0 Å². The molecule has 4 heteroatoms. The first-order chi connectivity index (χ1) is 13.2. The van der Waals surface area contributed by atoms with E-state index in [1.54, 1.807) is 13.2 Å². The Labute approximate surface area is 170 Å². The van der Waals surface area contributed by atoms with Crippen LogP contribution in [-0.2, 0) is 14.3 Å². The molecular weight excluding hydrogens is 352 g/mol. The van der Waals surface area contributed by atoms with E-state index in [2.05, 4.69) is 40.3 Å². The monoisotopic (exact) mass is 390 g/mol. The second kappa shape index (κ2) is 7.70. The van der Waals surface area contributed by atoms with Crippen molar-refractivity contribution in [3.05, 3.63) is 24.8 Å². The highest BCUT2D eigenvalue weighted by Crippen LogP contribution is 2.67. The fraction of sp³-hybridized carbons (Fsp3) is 0.792. The van der Waals surface area contributed by atoms with Crippen molar-refractivity contribution in [3.8, 4) is 0 Å². The summed E-state index contributed by atoms with van der Waals surface area (Å²) in [6.07, 6.45) is 9.36. The van der Waals surface area contributed by atoms with E-state index < -0.39 is 11.5 Å². The van der Waals surface area contributed by atoms with Gasteiger partial charge in [-0.2, -0.15) is 0 Å². The maximum atomic E-state index is 13.2. The number of carbonyl (C=O) groups excluding carboxylic acids is 1. The summed E-state index contributed by atoms with van der Waals surface area (Å²) in [5, 5.41) is 11.6. The molecule has 2 bridgehead atoms. The lowest BCUT2D eigenvalue weighted by Crippen LogP contribution is -2.62. The Kier molecular flexibility index (Phi) is 5.97. The molecule has 3 aliphatic rings. The molecule has 3 saturated carbocycles. The summed E-state index contributed by atoms with van der Waals surface area (Å²) in [6, 6.07) is 0. The zero-order chi connectivity index (χ0) is 20.7. The molecule has 158 valence electrons. The van der Waals surface area contributed by atoms with Gasteiger partial charge in [-0.3, -0.25) is 4.79 Å². The Bertz CT molecular complexity index is 643. The molecule has 0 spiro atoms. The summed E-state index contributed by atoms with van der Waals surface area (Å²) < 4.78 is 11.6. The van der Waals surface area contributed by atoms with Crippen molar-refractivity contribution in [1.82, 2.24) is 0 Å². The van der Waals surface area contributed by atoms with Gasteiger partial charge in [0.15, 0.2) is 0 Å². The molecule has 28 heavy (non-hydrogen) atoms. The topological polar surface area (TPSA) is 55.8 Å². The van der Waals surface area contributed by atoms with E-state index in [-0.39, 0.29) is 35.6 Å². The minimum absolute atomic E-state index is 0.0877. The van der Waals surface area contributed by atoms with Gasteiger partial charge in [-0.05, 0) is 42.9 Å². The molecule has 4 nitrogen and oxygen atoms in total. The van der Waals surface area contributed by atoms with Crippen molar-refractivity contribution >= 4 is 5.78 Å². The third-order valence-electron chi connectivity index (χ3n) is 8.80. The SMILES string of the molecule is C=CC=C[C@]1(C)C[C@@H](O)[C@@]2(C)C3C(=O)CCC3(CC[C@H]2C)[C@@H](C)[C@@H]1OCOC. The van der Waals surface area contributed by atoms with Crippen LogP contribution in [0.4, 0.5) is 0 Å². The molecule has 3 fully saturated rings. The standard InChI is InChI=1S/C24H38O4/c1-7-8-11-22(4)14-19(26)23(5)16(2)9-12-24(13-10-18(25)20(23)24)17(3)21(22)28-15-27-6/h7-8,11,16-17,19-21,26H,1,9-10,12-15H2,2-6H3/t16-,17+,19-,20?,21+,22-,23+,24?/m1/s1. The van der Waals surface area contributed by atoms with E-state index in [0.717, 1.165) is 19.3 Å². The van der Waals surface area contributed by atoms with Crippen LogP contribution in [0.15, 0.2) is 24.8 Å². The Hall–Kier alpha value is -0.970. The lowest BCUT2D eigenvalue weighted by Gasteiger charge is -2.62. The van der Waals surface area contributed by atoms with E-state index in [0.29, 0.717) is 24.5 Å². The zero-order valence-corrected chi connectivity index (χ0v) is 18.2. The number of hydrogen-bond donors (Lipinski definition) is 1. The van der Waals surface area contributed by atoms with Gasteiger partial charge in [0.2, 0.25) is 0 Å². The maximum absolute atomic E-state index is 13.2. The van der Waals surface area contributed by atoms with Gasteiger partial charge in [0, 0.05) is 30.3 Å². The molecule has 0 amide bonds. The molecule has 8 atom stereocenters. The van der Waals surface area contributed by atoms with Crippen LogP contribution in [0.1, 0.15) is 59.8 Å². The normalized spacial score (nSPS) is 48.9. The lowest BCUT2D eigenvalue weighted by molar-refractivity contribution is -0.214. The molecule has 0 aliphatic heterocycles. The van der Waals surface area contributed by atoms with Gasteiger partial charge in [0.05, 0.1) is 12.2 Å². The number of aliphatic hydroxyl groups is 1. The molecule has 0 heterocycles. The number of hydrogen-bond acceptors (Lipinski definition) is 4. The smallest absolute Gasteiger partial charge is 0.146 e. The van der Waals surface area contributed by atoms with Crippen LogP contribution in [-0.4, -0.2) is 37.0 Å². The minimum Gasteiger partial charge on any atom is -0.392 e. The van der Waals surface area contributed by atoms with Crippen LogP contribution in [0, 0.1) is 34.0 Å². The van der Waals surface area contributed by atoms with Crippen LogP contribution < -0.4 is 0 Å². The van der Waals surface area contributed by atoms with Crippen molar-refractivity contribution < 1.29 is 19.4 Å². The number of methoxy groups -OCH3 is 1. The Morgan fingerprint density at radius 3 is 2.64 bits per heavy atom. The van der Waals surface area contributed by atoms with E-state index in [4.69, 9.17) is 9.47 Å². The molecule has 2 unspecified atom stereocenters. The fourth-order valence-corrected chi connectivity index (χ4v) is 7.07. The van der Waals surface area contributed by atoms with E-state index in [1.165, 1.54) is 0 Å². The minimum atomic E-state index is -0.560. The molecule has 0 aromatic rings. The van der Waals surface area contributed by atoms with Crippen LogP contribution >= 0.6 is 0 Å². The number of ether oxygens (including phenoxy) is 2. The number of Topliss-reactive ketones (excluding diaryl/α,β-unsaturated/α-hetero) is 1. The average molecular weight is 391 g/mol. The van der Waals surface area contributed by atoms with Gasteiger partial charge in [-0.25, -0.2) is 0 Å². The largest absolute Gasteiger partial charge is 0.392 e. The summed E-state index contributed by atoms with van der Waals surface area (Å²) in [5.41, 5.74) is -0.871. The number of aliphatic hydroxyl groups excluding tert-OH is 1. The van der Waals surface area contributed by atoms with Crippen LogP contribution in [0.25, 0.3) is 0 Å². The molecule has 1 N–H and O–H groups in total. The summed E-state index contributed by atoms with van der Waals surface area (Å²) >= 11 is 0. The molecule has 3 rings (SSSR count). The molecule has 0 saturated heterocycles. The number of allylic oxidation sites excluding steroid dienone is 2. The second-order valence-electron chi connectivity index (χ2n) is 10.0. The van der Waals surface area contributed by atoms with Crippen molar-refractivity contribution in [2.24, 2.45) is 34.0 Å². The summed E-state index contributed by atoms with van der Waals surface area (Å²) in [4.78, 5) is 13.2. The van der Waals surface area contributed by atoms with Gasteiger partial charge in [0.1, 0.15) is 12.6 Å². The van der Waals surface area contributed by atoms with Crippen LogP contribution in [0.3, 0.4) is 0 Å². The second-order valence-corrected chi connectivity index (χ2v) is 10.0. The lowest BCUT2D eigenvalue weighted by atomic mass is 9.44. The average Bonchev–Trinajstić information content (AvgIpc) is 3.01. The van der Waals surface area contributed by atoms with Gasteiger partial charge >= 0.3 is 0 Å². The van der Waals surface area contributed by atoms with E-state index >= 15 is 0 Å². The molecule has 3 aliphatic carbocycles. The Morgan fingerprint density at radius 1 is 1.29 bits per heavy atom. The highest BCUT2D eigenvalue weighted by atomic mass is 16.7. The zero-order valence-electron chi connectivity index (χ0n) is 18.2. The summed E-state index contributed by atoms with van der Waals surface area (Å²) in [6.45, 7) is 12.9. The van der Waals surface area contributed by atoms with Gasteiger partial charge in [-0.1, -0.05) is 52.5 Å². The Morgan fingerprint density at radius 2 is 2.00 bits per heavy atom.